The second-order valence-electron chi connectivity index (χ2n) is 4.02. The van der Waals surface area contributed by atoms with E-state index in [-0.39, 0.29) is 11.7 Å². The molecule has 0 unspecified atom stereocenters. The van der Waals surface area contributed by atoms with E-state index in [1.165, 1.54) is 0 Å². The Morgan fingerprint density at radius 3 is 2.59 bits per heavy atom. The van der Waals surface area contributed by atoms with E-state index in [4.69, 9.17) is 0 Å². The summed E-state index contributed by atoms with van der Waals surface area (Å²) < 4.78 is 3.94. The molecule has 0 aromatic carbocycles. The molecule has 0 aliphatic rings. The molecule has 0 N–H and O–H groups in total. The Morgan fingerprint density at radius 1 is 1.35 bits per heavy atom. The monoisotopic (exact) mass is 298 g/mol. The minimum absolute atomic E-state index is 0.0493. The van der Waals surface area contributed by atoms with Crippen LogP contribution in [0, 0.1) is 0 Å². The van der Waals surface area contributed by atoms with Crippen LogP contribution in [-0.4, -0.2) is 19.1 Å². The Labute approximate surface area is 108 Å². The molecule has 0 bridgehead atoms. The summed E-state index contributed by atoms with van der Waals surface area (Å²) in [5, 5.41) is 0. The molecular weight excluding hydrogens is 284 g/mol. The number of fused-ring (bicyclic) bond motifs is 1. The van der Waals surface area contributed by atoms with Gasteiger partial charge in [-0.05, 0) is 28.8 Å². The molecule has 0 atom stereocenters. The normalized spacial score (nSPS) is 11.6. The predicted molar refractivity (Wildman–Crippen MR) is 70.1 cm³/mol. The number of nitrogens with zero attached hydrogens (tertiary/aromatic N) is 4. The van der Waals surface area contributed by atoms with Crippen LogP contribution in [0.25, 0.3) is 11.3 Å². The van der Waals surface area contributed by atoms with Crippen LogP contribution >= 0.6 is 15.9 Å². The average Bonchev–Trinajstić information content (AvgIpc) is 2.56. The third-order valence-corrected chi connectivity index (χ3v) is 3.43. The molecule has 17 heavy (non-hydrogen) atoms. The fourth-order valence-electron chi connectivity index (χ4n) is 2.08. The molecule has 0 radical (unpaired) electrons. The first-order valence-electron chi connectivity index (χ1n) is 5.69. The van der Waals surface area contributed by atoms with Gasteiger partial charge in [0, 0.05) is 13.1 Å². The van der Waals surface area contributed by atoms with Crippen molar-refractivity contribution in [1.29, 1.82) is 0 Å². The van der Waals surface area contributed by atoms with E-state index >= 15 is 0 Å². The summed E-state index contributed by atoms with van der Waals surface area (Å²) in [6, 6.07) is 0.176. The lowest BCUT2D eigenvalue weighted by Crippen LogP contribution is -2.25. The summed E-state index contributed by atoms with van der Waals surface area (Å²) in [4.78, 5) is 20.8. The molecule has 2 aromatic rings. The van der Waals surface area contributed by atoms with Gasteiger partial charge in [-0.3, -0.25) is 9.13 Å². The number of aromatic nitrogens is 4. The first-order valence-corrected chi connectivity index (χ1v) is 6.48. The lowest BCUT2D eigenvalue weighted by molar-refractivity contribution is 0.463. The van der Waals surface area contributed by atoms with Crippen molar-refractivity contribution in [2.24, 2.45) is 7.05 Å². The maximum Gasteiger partial charge on any atom is 0.331 e. The van der Waals surface area contributed by atoms with Crippen LogP contribution in [0.2, 0.25) is 0 Å². The molecule has 5 nitrogen and oxygen atoms in total. The van der Waals surface area contributed by atoms with Gasteiger partial charge in [0.1, 0.15) is 4.60 Å². The Kier molecular flexibility index (Phi) is 3.33. The first kappa shape index (κ1) is 12.3. The zero-order chi connectivity index (χ0) is 12.6. The molecule has 0 saturated carbocycles. The highest BCUT2D eigenvalue weighted by molar-refractivity contribution is 9.10. The highest BCUT2D eigenvalue weighted by atomic mass is 79.9. The van der Waals surface area contributed by atoms with Crippen LogP contribution in [0.4, 0.5) is 0 Å². The van der Waals surface area contributed by atoms with Crippen molar-refractivity contribution in [2.45, 2.75) is 32.7 Å². The second kappa shape index (κ2) is 4.60. The van der Waals surface area contributed by atoms with Gasteiger partial charge in [-0.2, -0.15) is 0 Å². The smallest absolute Gasteiger partial charge is 0.278 e. The van der Waals surface area contributed by atoms with Crippen molar-refractivity contribution in [3.8, 4) is 0 Å². The number of aryl methyl sites for hydroxylation is 1. The van der Waals surface area contributed by atoms with Crippen LogP contribution in [0.15, 0.2) is 15.6 Å². The second-order valence-corrected chi connectivity index (χ2v) is 4.83. The van der Waals surface area contributed by atoms with Crippen molar-refractivity contribution < 1.29 is 0 Å². The van der Waals surface area contributed by atoms with Crippen LogP contribution in [0.1, 0.15) is 32.7 Å². The van der Waals surface area contributed by atoms with Gasteiger partial charge >= 0.3 is 5.69 Å². The zero-order valence-corrected chi connectivity index (χ0v) is 11.7. The largest absolute Gasteiger partial charge is 0.331 e. The lowest BCUT2D eigenvalue weighted by Gasteiger charge is -2.13. The lowest BCUT2D eigenvalue weighted by atomic mass is 10.2. The van der Waals surface area contributed by atoms with Crippen molar-refractivity contribution in [1.82, 2.24) is 19.1 Å². The van der Waals surface area contributed by atoms with Crippen LogP contribution < -0.4 is 5.69 Å². The van der Waals surface area contributed by atoms with E-state index < -0.39 is 0 Å². The van der Waals surface area contributed by atoms with Gasteiger partial charge in [-0.15, -0.1) is 0 Å². The minimum Gasteiger partial charge on any atom is -0.278 e. The average molecular weight is 299 g/mol. The number of hydrogen-bond acceptors (Lipinski definition) is 3. The highest BCUT2D eigenvalue weighted by Crippen LogP contribution is 2.19. The molecule has 2 aromatic heterocycles. The van der Waals surface area contributed by atoms with E-state index in [2.05, 4.69) is 39.7 Å². The highest BCUT2D eigenvalue weighted by Gasteiger charge is 2.18. The summed E-state index contributed by atoms with van der Waals surface area (Å²) in [7, 11) is 1.73. The van der Waals surface area contributed by atoms with E-state index in [0.717, 1.165) is 12.8 Å². The maximum atomic E-state index is 12.2. The Bertz CT molecular complexity index is 597. The third kappa shape index (κ3) is 1.90. The van der Waals surface area contributed by atoms with E-state index in [1.54, 1.807) is 22.4 Å². The van der Waals surface area contributed by atoms with Gasteiger partial charge < -0.3 is 0 Å². The molecule has 0 spiro atoms. The zero-order valence-electron chi connectivity index (χ0n) is 10.1. The molecule has 0 saturated heterocycles. The standard InChI is InChI=1S/C11H15BrN4O/c1-4-7(5-2)16-10-9(15(3)11(16)17)13-6-8(12)14-10/h6-7H,4-5H2,1-3H3. The molecular formula is C11H15BrN4O. The van der Waals surface area contributed by atoms with Crippen LogP contribution in [0.5, 0.6) is 0 Å². The minimum atomic E-state index is -0.0493. The van der Waals surface area contributed by atoms with Gasteiger partial charge in [-0.25, -0.2) is 14.8 Å². The van der Waals surface area contributed by atoms with E-state index in [9.17, 15) is 4.79 Å². The van der Waals surface area contributed by atoms with Crippen LogP contribution in [0.3, 0.4) is 0 Å². The first-order chi connectivity index (χ1) is 8.10. The van der Waals surface area contributed by atoms with Gasteiger partial charge in [-0.1, -0.05) is 13.8 Å². The Balaban J connectivity index is 2.81. The molecule has 2 rings (SSSR count). The van der Waals surface area contributed by atoms with Gasteiger partial charge in [0.15, 0.2) is 11.3 Å². The molecule has 92 valence electrons. The van der Waals surface area contributed by atoms with Crippen molar-refractivity contribution >= 4 is 27.2 Å². The molecule has 0 fully saturated rings. The molecule has 0 amide bonds. The number of imidazole rings is 1. The number of hydrogen-bond donors (Lipinski definition) is 0. The van der Waals surface area contributed by atoms with E-state index in [0.29, 0.717) is 15.9 Å². The summed E-state index contributed by atoms with van der Waals surface area (Å²) in [6.07, 6.45) is 3.42. The predicted octanol–water partition coefficient (Wildman–Crippen LogP) is 2.25. The van der Waals surface area contributed by atoms with Gasteiger partial charge in [0.25, 0.3) is 0 Å². The Morgan fingerprint density at radius 2 is 2.00 bits per heavy atom. The quantitative estimate of drug-likeness (QED) is 0.873. The molecule has 0 aliphatic heterocycles. The molecule has 0 aliphatic carbocycles. The van der Waals surface area contributed by atoms with Crippen molar-refractivity contribution in [3.05, 3.63) is 21.3 Å². The SMILES string of the molecule is CCC(CC)n1c(=O)n(C)c2ncc(Br)nc21. The van der Waals surface area contributed by atoms with E-state index in [1.807, 2.05) is 0 Å². The third-order valence-electron chi connectivity index (χ3n) is 3.05. The van der Waals surface area contributed by atoms with Crippen molar-refractivity contribution in [3.63, 3.8) is 0 Å². The van der Waals surface area contributed by atoms with Crippen LogP contribution in [-0.2, 0) is 7.05 Å². The Hall–Kier alpha value is -1.17. The van der Waals surface area contributed by atoms with Gasteiger partial charge in [0.2, 0.25) is 0 Å². The summed E-state index contributed by atoms with van der Waals surface area (Å²) in [6.45, 7) is 4.15. The molecule has 2 heterocycles. The van der Waals surface area contributed by atoms with Gasteiger partial charge in [0.05, 0.1) is 6.20 Å². The summed E-state index contributed by atoms with van der Waals surface area (Å²) >= 11 is 3.30. The van der Waals surface area contributed by atoms with Crippen molar-refractivity contribution in [2.75, 3.05) is 0 Å². The fraction of sp³-hybridized carbons (Fsp3) is 0.545. The summed E-state index contributed by atoms with van der Waals surface area (Å²) in [5.74, 6) is 0. The number of rotatable bonds is 3. The summed E-state index contributed by atoms with van der Waals surface area (Å²) in [5.41, 5.74) is 1.23. The maximum absolute atomic E-state index is 12.2. The molecule has 6 heteroatoms. The topological polar surface area (TPSA) is 52.7 Å². The number of halogens is 1. The fourth-order valence-corrected chi connectivity index (χ4v) is 2.35.